The maximum Gasteiger partial charge on any atom is 0.255 e. The number of nitrogens with two attached hydrogens (primary N) is 1. The van der Waals surface area contributed by atoms with Crippen molar-refractivity contribution in [2.24, 2.45) is 5.73 Å². The molecule has 7 heteroatoms. The van der Waals surface area contributed by atoms with E-state index in [-0.39, 0.29) is 18.6 Å². The lowest BCUT2D eigenvalue weighted by molar-refractivity contribution is -0.119. The summed E-state index contributed by atoms with van der Waals surface area (Å²) >= 11 is 0. The van der Waals surface area contributed by atoms with E-state index in [1.165, 1.54) is 7.11 Å². The van der Waals surface area contributed by atoms with E-state index in [1.54, 1.807) is 18.2 Å². The minimum absolute atomic E-state index is 0.0367. The standard InChI is InChI=1S/C16H23N3O4/c1-11-9-18(2)6-7-19(11)16(21)12-4-5-13(14(8-12)22-3)23-10-15(17)20/h4-5,8,11H,6-7,9-10H2,1-3H3,(H2,17,20). The fraction of sp³-hybridized carbons (Fsp3) is 0.500. The molecule has 1 saturated heterocycles. The van der Waals surface area contributed by atoms with Crippen LogP contribution in [0.1, 0.15) is 17.3 Å². The van der Waals surface area contributed by atoms with Gasteiger partial charge in [0.15, 0.2) is 18.1 Å². The van der Waals surface area contributed by atoms with Crippen molar-refractivity contribution >= 4 is 11.8 Å². The monoisotopic (exact) mass is 321 g/mol. The van der Waals surface area contributed by atoms with Crippen molar-refractivity contribution in [3.05, 3.63) is 23.8 Å². The van der Waals surface area contributed by atoms with Crippen molar-refractivity contribution in [2.75, 3.05) is 40.4 Å². The van der Waals surface area contributed by atoms with Crippen molar-refractivity contribution in [2.45, 2.75) is 13.0 Å². The first-order chi connectivity index (χ1) is 10.9. The summed E-state index contributed by atoms with van der Waals surface area (Å²) in [5.41, 5.74) is 5.60. The minimum Gasteiger partial charge on any atom is -0.493 e. The number of piperazine rings is 1. The van der Waals surface area contributed by atoms with Crippen molar-refractivity contribution in [1.82, 2.24) is 9.80 Å². The number of carbonyl (C=O) groups is 2. The maximum absolute atomic E-state index is 12.7. The van der Waals surface area contributed by atoms with Gasteiger partial charge in [-0.15, -0.1) is 0 Å². The summed E-state index contributed by atoms with van der Waals surface area (Å²) in [6, 6.07) is 5.07. The third kappa shape index (κ3) is 4.13. The van der Waals surface area contributed by atoms with Crippen molar-refractivity contribution in [1.29, 1.82) is 0 Å². The van der Waals surface area contributed by atoms with Crippen LogP contribution in [0.15, 0.2) is 18.2 Å². The van der Waals surface area contributed by atoms with Gasteiger partial charge in [-0.3, -0.25) is 9.59 Å². The van der Waals surface area contributed by atoms with Gasteiger partial charge in [0, 0.05) is 31.2 Å². The summed E-state index contributed by atoms with van der Waals surface area (Å²) in [5.74, 6) is 0.178. The zero-order valence-electron chi connectivity index (χ0n) is 13.7. The van der Waals surface area contributed by atoms with Crippen LogP contribution in [0.3, 0.4) is 0 Å². The Hall–Kier alpha value is -2.28. The summed E-state index contributed by atoms with van der Waals surface area (Å²) in [6.45, 7) is 4.20. The molecule has 1 aromatic rings. The molecule has 1 unspecified atom stereocenters. The van der Waals surface area contributed by atoms with Crippen LogP contribution in [0.5, 0.6) is 11.5 Å². The number of carbonyl (C=O) groups excluding carboxylic acids is 2. The molecule has 1 heterocycles. The number of ether oxygens (including phenoxy) is 2. The van der Waals surface area contributed by atoms with Crippen LogP contribution in [0.25, 0.3) is 0 Å². The van der Waals surface area contributed by atoms with E-state index < -0.39 is 5.91 Å². The third-order valence-electron chi connectivity index (χ3n) is 3.87. The molecule has 1 aliphatic rings. The molecule has 1 atom stereocenters. The highest BCUT2D eigenvalue weighted by molar-refractivity contribution is 5.95. The Labute approximate surface area is 135 Å². The molecule has 1 fully saturated rings. The zero-order valence-corrected chi connectivity index (χ0v) is 13.7. The predicted octanol–water partition coefficient (Wildman–Crippen LogP) is 0.335. The average molecular weight is 321 g/mol. The molecule has 1 aromatic carbocycles. The topological polar surface area (TPSA) is 85.1 Å². The van der Waals surface area contributed by atoms with Gasteiger partial charge in [0.25, 0.3) is 11.8 Å². The van der Waals surface area contributed by atoms with Crippen molar-refractivity contribution < 1.29 is 19.1 Å². The summed E-state index contributed by atoms with van der Waals surface area (Å²) in [6.07, 6.45) is 0. The van der Waals surface area contributed by atoms with E-state index in [0.717, 1.165) is 13.1 Å². The molecule has 0 bridgehead atoms. The molecule has 1 aliphatic heterocycles. The molecule has 0 radical (unpaired) electrons. The van der Waals surface area contributed by atoms with E-state index in [1.807, 2.05) is 18.9 Å². The van der Waals surface area contributed by atoms with Gasteiger partial charge in [0.1, 0.15) is 0 Å². The Kier molecular flexibility index (Phi) is 5.44. The Bertz CT molecular complexity index is 591. The first-order valence-corrected chi connectivity index (χ1v) is 7.51. The fourth-order valence-electron chi connectivity index (χ4n) is 2.68. The van der Waals surface area contributed by atoms with E-state index in [4.69, 9.17) is 15.2 Å². The Morgan fingerprint density at radius 3 is 2.65 bits per heavy atom. The quantitative estimate of drug-likeness (QED) is 0.845. The summed E-state index contributed by atoms with van der Waals surface area (Å²) in [4.78, 5) is 27.6. The second kappa shape index (κ2) is 7.32. The minimum atomic E-state index is -0.571. The Morgan fingerprint density at radius 1 is 1.30 bits per heavy atom. The zero-order chi connectivity index (χ0) is 17.0. The van der Waals surface area contributed by atoms with Gasteiger partial charge in [-0.25, -0.2) is 0 Å². The van der Waals surface area contributed by atoms with Gasteiger partial charge in [-0.05, 0) is 32.2 Å². The van der Waals surface area contributed by atoms with Gasteiger partial charge in [-0.1, -0.05) is 0 Å². The van der Waals surface area contributed by atoms with Crippen molar-refractivity contribution in [3.8, 4) is 11.5 Å². The molecule has 2 rings (SSSR count). The molecule has 126 valence electrons. The number of primary amides is 1. The summed E-state index contributed by atoms with van der Waals surface area (Å²) in [5, 5.41) is 0. The van der Waals surface area contributed by atoms with E-state index in [9.17, 15) is 9.59 Å². The molecular formula is C16H23N3O4. The first kappa shape index (κ1) is 17.1. The molecule has 23 heavy (non-hydrogen) atoms. The van der Waals surface area contributed by atoms with Crippen LogP contribution >= 0.6 is 0 Å². The van der Waals surface area contributed by atoms with Gasteiger partial charge < -0.3 is 25.0 Å². The number of rotatable bonds is 5. The lowest BCUT2D eigenvalue weighted by atomic mass is 10.1. The lowest BCUT2D eigenvalue weighted by Gasteiger charge is -2.38. The van der Waals surface area contributed by atoms with Gasteiger partial charge in [0.2, 0.25) is 0 Å². The van der Waals surface area contributed by atoms with Crippen LogP contribution in [-0.4, -0.2) is 68.1 Å². The SMILES string of the molecule is COc1cc(C(=O)N2CCN(C)CC2C)ccc1OCC(N)=O. The van der Waals surface area contributed by atoms with Crippen LogP contribution in [-0.2, 0) is 4.79 Å². The van der Waals surface area contributed by atoms with Crippen LogP contribution < -0.4 is 15.2 Å². The predicted molar refractivity (Wildman–Crippen MR) is 85.7 cm³/mol. The highest BCUT2D eigenvalue weighted by Crippen LogP contribution is 2.29. The number of hydrogen-bond acceptors (Lipinski definition) is 5. The van der Waals surface area contributed by atoms with Crippen molar-refractivity contribution in [3.63, 3.8) is 0 Å². The second-order valence-corrected chi connectivity index (χ2v) is 5.73. The fourth-order valence-corrected chi connectivity index (χ4v) is 2.68. The second-order valence-electron chi connectivity index (χ2n) is 5.73. The van der Waals surface area contributed by atoms with Gasteiger partial charge >= 0.3 is 0 Å². The molecule has 7 nitrogen and oxygen atoms in total. The van der Waals surface area contributed by atoms with Crippen LogP contribution in [0.2, 0.25) is 0 Å². The molecule has 0 spiro atoms. The number of nitrogens with zero attached hydrogens (tertiary/aromatic N) is 2. The maximum atomic E-state index is 12.7. The number of benzene rings is 1. The normalized spacial score (nSPS) is 18.6. The Balaban J connectivity index is 2.16. The highest BCUT2D eigenvalue weighted by atomic mass is 16.5. The first-order valence-electron chi connectivity index (χ1n) is 7.51. The molecule has 2 N–H and O–H groups in total. The lowest BCUT2D eigenvalue weighted by Crippen LogP contribution is -2.52. The number of methoxy groups -OCH3 is 1. The van der Waals surface area contributed by atoms with Crippen LogP contribution in [0, 0.1) is 0 Å². The molecule has 2 amide bonds. The summed E-state index contributed by atoms with van der Waals surface area (Å²) in [7, 11) is 3.53. The van der Waals surface area contributed by atoms with E-state index in [0.29, 0.717) is 23.6 Å². The number of amides is 2. The van der Waals surface area contributed by atoms with Gasteiger partial charge in [0.05, 0.1) is 7.11 Å². The van der Waals surface area contributed by atoms with E-state index in [2.05, 4.69) is 4.90 Å². The largest absolute Gasteiger partial charge is 0.493 e. The number of hydrogen-bond donors (Lipinski definition) is 1. The summed E-state index contributed by atoms with van der Waals surface area (Å²) < 4.78 is 10.5. The highest BCUT2D eigenvalue weighted by Gasteiger charge is 2.27. The smallest absolute Gasteiger partial charge is 0.255 e. The number of likely N-dealkylation sites (N-methyl/N-ethyl adjacent to an activating group) is 1. The van der Waals surface area contributed by atoms with Gasteiger partial charge in [-0.2, -0.15) is 0 Å². The van der Waals surface area contributed by atoms with E-state index >= 15 is 0 Å². The molecule has 0 aromatic heterocycles. The Morgan fingerprint density at radius 2 is 2.04 bits per heavy atom. The molecule has 0 saturated carbocycles. The molecular weight excluding hydrogens is 298 g/mol. The molecule has 0 aliphatic carbocycles. The van der Waals surface area contributed by atoms with Crippen LogP contribution in [0.4, 0.5) is 0 Å². The average Bonchev–Trinajstić information content (AvgIpc) is 2.52. The third-order valence-corrected chi connectivity index (χ3v) is 3.87.